The number of carbonyl (C=O) groups excluding carboxylic acids is 2. The van der Waals surface area contributed by atoms with Gasteiger partial charge in [0.2, 0.25) is 5.91 Å². The Labute approximate surface area is 81.8 Å². The van der Waals surface area contributed by atoms with Crippen molar-refractivity contribution in [2.75, 3.05) is 14.2 Å². The highest BCUT2D eigenvalue weighted by Gasteiger charge is 2.06. The van der Waals surface area contributed by atoms with E-state index in [2.05, 4.69) is 27.6 Å². The normalized spacial score (nSPS) is 8.77. The van der Waals surface area contributed by atoms with E-state index < -0.39 is 5.97 Å². The van der Waals surface area contributed by atoms with Gasteiger partial charge in [0.15, 0.2) is 5.11 Å². The maximum Gasteiger partial charge on any atom is 0.306 e. The van der Waals surface area contributed by atoms with Gasteiger partial charge in [-0.2, -0.15) is 0 Å². The Hall–Kier alpha value is -1.17. The number of rotatable bonds is 3. The average Bonchev–Trinajstić information content (AvgIpc) is 2.13. The van der Waals surface area contributed by atoms with Crippen molar-refractivity contribution in [1.82, 2.24) is 10.6 Å². The molecule has 0 unspecified atom stereocenters. The van der Waals surface area contributed by atoms with E-state index in [-0.39, 0.29) is 23.9 Å². The molecule has 0 rings (SSSR count). The van der Waals surface area contributed by atoms with Gasteiger partial charge in [-0.25, -0.2) is 0 Å². The third kappa shape index (κ3) is 6.03. The molecule has 0 heterocycles. The minimum absolute atomic E-state index is 0.0641. The van der Waals surface area contributed by atoms with Crippen LogP contribution in [0.15, 0.2) is 0 Å². The molecule has 0 aliphatic heterocycles. The molecular weight excluding hydrogens is 192 g/mol. The summed E-state index contributed by atoms with van der Waals surface area (Å²) in [5, 5.41) is 5.21. The molecule has 74 valence electrons. The summed E-state index contributed by atoms with van der Waals surface area (Å²) < 4.78 is 4.36. The first-order chi connectivity index (χ1) is 6.10. The molecule has 0 aliphatic rings. The number of nitrogens with one attached hydrogen (secondary N) is 2. The number of hydrogen-bond acceptors (Lipinski definition) is 4. The molecule has 2 N–H and O–H groups in total. The number of amides is 1. The number of esters is 1. The average molecular weight is 204 g/mol. The monoisotopic (exact) mass is 204 g/mol. The van der Waals surface area contributed by atoms with Crippen LogP contribution < -0.4 is 10.6 Å². The zero-order valence-corrected chi connectivity index (χ0v) is 8.36. The molecule has 0 aliphatic carbocycles. The number of ether oxygens (including phenoxy) is 1. The van der Waals surface area contributed by atoms with Gasteiger partial charge < -0.3 is 15.4 Å². The zero-order valence-electron chi connectivity index (χ0n) is 7.55. The second-order valence-electron chi connectivity index (χ2n) is 2.20. The summed E-state index contributed by atoms with van der Waals surface area (Å²) in [7, 11) is 2.88. The fourth-order valence-electron chi connectivity index (χ4n) is 0.569. The summed E-state index contributed by atoms with van der Waals surface area (Å²) in [6.07, 6.45) is 0.142. The van der Waals surface area contributed by atoms with Crippen LogP contribution in [0.4, 0.5) is 0 Å². The van der Waals surface area contributed by atoms with Crippen LogP contribution >= 0.6 is 12.2 Å². The Morgan fingerprint density at radius 2 is 2.00 bits per heavy atom. The highest BCUT2D eigenvalue weighted by molar-refractivity contribution is 7.80. The van der Waals surface area contributed by atoms with Crippen molar-refractivity contribution in [2.24, 2.45) is 0 Å². The van der Waals surface area contributed by atoms with E-state index in [4.69, 9.17) is 0 Å². The highest BCUT2D eigenvalue weighted by Crippen LogP contribution is 1.91. The van der Waals surface area contributed by atoms with Gasteiger partial charge in [-0.1, -0.05) is 0 Å². The van der Waals surface area contributed by atoms with Crippen LogP contribution in [0.2, 0.25) is 0 Å². The second kappa shape index (κ2) is 6.36. The molecule has 0 spiro atoms. The highest BCUT2D eigenvalue weighted by atomic mass is 32.1. The standard InChI is InChI=1S/C7H12N2O3S/c1-8-7(13)9-5(10)3-4-6(11)12-2/h3-4H2,1-2H3,(H2,8,9,10,13). The van der Waals surface area contributed by atoms with Crippen LogP contribution in [0.5, 0.6) is 0 Å². The van der Waals surface area contributed by atoms with Gasteiger partial charge in [-0.3, -0.25) is 9.59 Å². The quantitative estimate of drug-likeness (QED) is 0.482. The Morgan fingerprint density at radius 3 is 2.46 bits per heavy atom. The predicted octanol–water partition coefficient (Wildman–Crippen LogP) is -0.440. The van der Waals surface area contributed by atoms with E-state index >= 15 is 0 Å². The lowest BCUT2D eigenvalue weighted by molar-refractivity contribution is -0.142. The molecule has 1 amide bonds. The van der Waals surface area contributed by atoms with E-state index in [9.17, 15) is 9.59 Å². The topological polar surface area (TPSA) is 67.4 Å². The smallest absolute Gasteiger partial charge is 0.306 e. The van der Waals surface area contributed by atoms with Gasteiger partial charge in [0.25, 0.3) is 0 Å². The maximum atomic E-state index is 11.0. The van der Waals surface area contributed by atoms with Gasteiger partial charge in [0, 0.05) is 13.5 Å². The lowest BCUT2D eigenvalue weighted by atomic mass is 10.3. The number of hydrogen-bond donors (Lipinski definition) is 2. The van der Waals surface area contributed by atoms with Gasteiger partial charge in [-0.15, -0.1) is 0 Å². The van der Waals surface area contributed by atoms with E-state index in [1.54, 1.807) is 7.05 Å². The van der Waals surface area contributed by atoms with Crippen molar-refractivity contribution in [3.63, 3.8) is 0 Å². The molecule has 13 heavy (non-hydrogen) atoms. The van der Waals surface area contributed by atoms with Crippen molar-refractivity contribution in [1.29, 1.82) is 0 Å². The third-order valence-electron chi connectivity index (χ3n) is 1.26. The third-order valence-corrected chi connectivity index (χ3v) is 1.57. The van der Waals surface area contributed by atoms with Gasteiger partial charge in [-0.05, 0) is 12.2 Å². The fraction of sp³-hybridized carbons (Fsp3) is 0.571. The maximum absolute atomic E-state index is 11.0. The van der Waals surface area contributed by atoms with Crippen LogP contribution in [-0.2, 0) is 14.3 Å². The summed E-state index contributed by atoms with van der Waals surface area (Å²) >= 11 is 4.68. The summed E-state index contributed by atoms with van der Waals surface area (Å²) in [6.45, 7) is 0. The summed E-state index contributed by atoms with van der Waals surface area (Å²) in [6, 6.07) is 0. The second-order valence-corrected chi connectivity index (χ2v) is 2.61. The van der Waals surface area contributed by atoms with Crippen LogP contribution in [0.1, 0.15) is 12.8 Å². The predicted molar refractivity (Wildman–Crippen MR) is 51.1 cm³/mol. The van der Waals surface area contributed by atoms with Gasteiger partial charge >= 0.3 is 5.97 Å². The number of methoxy groups -OCH3 is 1. The van der Waals surface area contributed by atoms with E-state index in [1.165, 1.54) is 7.11 Å². The van der Waals surface area contributed by atoms with Crippen molar-refractivity contribution < 1.29 is 14.3 Å². The molecule has 6 heteroatoms. The largest absolute Gasteiger partial charge is 0.469 e. The number of thiocarbonyl (C=S) groups is 1. The van der Waals surface area contributed by atoms with E-state index in [0.29, 0.717) is 0 Å². The molecule has 0 saturated heterocycles. The molecule has 0 radical (unpaired) electrons. The Balaban J connectivity index is 3.63. The summed E-state index contributed by atoms with van der Waals surface area (Å²) in [4.78, 5) is 21.6. The lowest BCUT2D eigenvalue weighted by Gasteiger charge is -2.04. The van der Waals surface area contributed by atoms with Gasteiger partial charge in [0.1, 0.15) is 0 Å². The first-order valence-electron chi connectivity index (χ1n) is 3.68. The molecule has 0 saturated carbocycles. The van der Waals surface area contributed by atoms with E-state index in [1.807, 2.05) is 0 Å². The lowest BCUT2D eigenvalue weighted by Crippen LogP contribution is -2.37. The first-order valence-corrected chi connectivity index (χ1v) is 4.09. The van der Waals surface area contributed by atoms with Gasteiger partial charge in [0.05, 0.1) is 13.5 Å². The molecule has 0 fully saturated rings. The Kier molecular flexibility index (Phi) is 5.79. The van der Waals surface area contributed by atoms with Crippen LogP contribution in [-0.4, -0.2) is 31.1 Å². The molecule has 0 aromatic carbocycles. The van der Waals surface area contributed by atoms with E-state index in [0.717, 1.165) is 0 Å². The molecule has 0 aromatic rings. The van der Waals surface area contributed by atoms with Crippen molar-refractivity contribution >= 4 is 29.2 Å². The van der Waals surface area contributed by atoms with Crippen molar-refractivity contribution in [3.8, 4) is 0 Å². The fourth-order valence-corrected chi connectivity index (χ4v) is 0.683. The SMILES string of the molecule is CNC(=S)NC(=O)CCC(=O)OC. The minimum atomic E-state index is -0.412. The molecule has 0 aromatic heterocycles. The minimum Gasteiger partial charge on any atom is -0.469 e. The van der Waals surface area contributed by atoms with Crippen LogP contribution in [0.3, 0.4) is 0 Å². The molecule has 0 bridgehead atoms. The molecule has 0 atom stereocenters. The molecular formula is C7H12N2O3S. The molecule has 5 nitrogen and oxygen atoms in total. The van der Waals surface area contributed by atoms with Crippen LogP contribution in [0, 0.1) is 0 Å². The first kappa shape index (κ1) is 11.8. The Morgan fingerprint density at radius 1 is 1.38 bits per heavy atom. The summed E-state index contributed by atoms with van der Waals surface area (Å²) in [5.41, 5.74) is 0. The van der Waals surface area contributed by atoms with Crippen LogP contribution in [0.25, 0.3) is 0 Å². The van der Waals surface area contributed by atoms with Crippen molar-refractivity contribution in [3.05, 3.63) is 0 Å². The summed E-state index contributed by atoms with van der Waals surface area (Å²) in [5.74, 6) is -0.713. The van der Waals surface area contributed by atoms with Crippen molar-refractivity contribution in [2.45, 2.75) is 12.8 Å². The Bertz CT molecular complexity index is 218. The number of carbonyl (C=O) groups is 2. The zero-order chi connectivity index (χ0) is 10.3.